The van der Waals surface area contributed by atoms with Gasteiger partial charge in [-0.3, -0.25) is 14.6 Å². The van der Waals surface area contributed by atoms with E-state index >= 15 is 0 Å². The van der Waals surface area contributed by atoms with Crippen molar-refractivity contribution in [2.24, 2.45) is 0 Å². The summed E-state index contributed by atoms with van der Waals surface area (Å²) in [5, 5.41) is 9.47. The molecule has 8 nitrogen and oxygen atoms in total. The average molecular weight is 439 g/mol. The normalized spacial score (nSPS) is 14.2. The number of piperidine rings is 1. The Kier molecular flexibility index (Phi) is 4.99. The maximum Gasteiger partial charge on any atom is 0.306 e. The first kappa shape index (κ1) is 19.4. The van der Waals surface area contributed by atoms with E-state index in [-0.39, 0.29) is 17.6 Å². The number of thiophene rings is 1. The number of pyridine rings is 1. The van der Waals surface area contributed by atoms with Crippen molar-refractivity contribution in [2.45, 2.75) is 19.3 Å². The molecule has 1 saturated heterocycles. The van der Waals surface area contributed by atoms with Crippen LogP contribution in [0, 0.1) is 5.82 Å². The molecule has 4 heterocycles. The number of hydrogen-bond donors (Lipinski definition) is 2. The first-order chi connectivity index (χ1) is 15.1. The number of hydrogen-bond acceptors (Lipinski definition) is 7. The second kappa shape index (κ2) is 7.95. The van der Waals surface area contributed by atoms with Crippen molar-refractivity contribution in [2.75, 3.05) is 29.1 Å². The lowest BCUT2D eigenvalue weighted by molar-refractivity contribution is -0.759. The molecular formula is C21H20FN6O2S+. The van der Waals surface area contributed by atoms with Gasteiger partial charge in [-0.2, -0.15) is 5.01 Å². The second-order valence-electron chi connectivity index (χ2n) is 7.36. The first-order valence-corrected chi connectivity index (χ1v) is 10.8. The summed E-state index contributed by atoms with van der Waals surface area (Å²) in [4.78, 5) is 20.0. The van der Waals surface area contributed by atoms with Gasteiger partial charge in [0.1, 0.15) is 15.5 Å². The summed E-state index contributed by atoms with van der Waals surface area (Å²) < 4.78 is 18.5. The second-order valence-corrected chi connectivity index (χ2v) is 8.36. The number of rotatable bonds is 4. The largest absolute Gasteiger partial charge is 0.397 e. The third-order valence-corrected chi connectivity index (χ3v) is 6.37. The van der Waals surface area contributed by atoms with Gasteiger partial charge in [-0.05, 0) is 55.7 Å². The Labute approximate surface area is 181 Å². The molecular weight excluding hydrogens is 419 g/mol. The molecule has 3 aromatic heterocycles. The molecule has 10 heteroatoms. The Bertz CT molecular complexity index is 1250. The van der Waals surface area contributed by atoms with Crippen LogP contribution in [0.4, 0.5) is 16.0 Å². The highest BCUT2D eigenvalue weighted by Gasteiger charge is 2.25. The van der Waals surface area contributed by atoms with Crippen molar-refractivity contribution in [1.82, 2.24) is 10.3 Å². The number of carbonyl (C=O) groups is 1. The molecule has 0 spiro atoms. The van der Waals surface area contributed by atoms with E-state index in [4.69, 9.17) is 10.3 Å². The molecule has 1 aromatic carbocycles. The van der Waals surface area contributed by atoms with Crippen LogP contribution < -0.4 is 20.9 Å². The van der Waals surface area contributed by atoms with Crippen LogP contribution in [0.2, 0.25) is 0 Å². The minimum atomic E-state index is -0.384. The number of nitrogens with two attached hydrogens (primary N) is 1. The van der Waals surface area contributed by atoms with Crippen molar-refractivity contribution in [3.63, 3.8) is 0 Å². The predicted octanol–water partition coefficient (Wildman–Crippen LogP) is 3.33. The number of anilines is 2. The van der Waals surface area contributed by atoms with Gasteiger partial charge in [0.15, 0.2) is 0 Å². The van der Waals surface area contributed by atoms with Crippen molar-refractivity contribution in [3.8, 4) is 11.3 Å². The lowest BCUT2D eigenvalue weighted by Crippen LogP contribution is -2.60. The topological polar surface area (TPSA) is 101 Å². The zero-order chi connectivity index (χ0) is 21.4. The molecule has 1 aliphatic heterocycles. The van der Waals surface area contributed by atoms with Crippen LogP contribution in [0.5, 0.6) is 0 Å². The fourth-order valence-corrected chi connectivity index (χ4v) is 4.61. The quantitative estimate of drug-likeness (QED) is 0.473. The Balaban J connectivity index is 1.38. The number of benzene rings is 1. The summed E-state index contributed by atoms with van der Waals surface area (Å²) in [6.45, 7) is 1.80. The van der Waals surface area contributed by atoms with Crippen molar-refractivity contribution < 1.29 is 18.5 Å². The monoisotopic (exact) mass is 439 g/mol. The third-order valence-electron chi connectivity index (χ3n) is 5.25. The van der Waals surface area contributed by atoms with Gasteiger partial charge in [-0.25, -0.2) is 9.37 Å². The molecule has 3 N–H and O–H groups in total. The zero-order valence-electron chi connectivity index (χ0n) is 16.5. The minimum absolute atomic E-state index is 0.243. The molecule has 4 aromatic rings. The summed E-state index contributed by atoms with van der Waals surface area (Å²) in [7, 11) is 0. The van der Waals surface area contributed by atoms with Gasteiger partial charge in [-0.1, -0.05) is 0 Å². The molecule has 1 amide bonds. The lowest BCUT2D eigenvalue weighted by Gasteiger charge is -2.17. The predicted molar refractivity (Wildman–Crippen MR) is 116 cm³/mol. The highest BCUT2D eigenvalue weighted by molar-refractivity contribution is 7.21. The number of fused-ring (bicyclic) bond motifs is 1. The van der Waals surface area contributed by atoms with Crippen LogP contribution in [0.15, 0.2) is 47.1 Å². The van der Waals surface area contributed by atoms with Gasteiger partial charge in [0, 0.05) is 10.9 Å². The van der Waals surface area contributed by atoms with Gasteiger partial charge in [-0.15, -0.1) is 11.3 Å². The van der Waals surface area contributed by atoms with Crippen LogP contribution >= 0.6 is 11.3 Å². The summed E-state index contributed by atoms with van der Waals surface area (Å²) >= 11 is 1.20. The standard InChI is InChI=1S/C21H19FN6O2S/c22-14-6-4-13(5-7-14)16-9-8-15-18(23)19(31-21(15)24-16)20(29)25-17-12-28(26-30-17)27-10-2-1-3-11-27/h4-9,12H,1-3,10-11H2,(H2-,23,25,26,29)/p+1. The zero-order valence-corrected chi connectivity index (χ0v) is 17.4. The van der Waals surface area contributed by atoms with Crippen LogP contribution in [-0.4, -0.2) is 29.3 Å². The summed E-state index contributed by atoms with van der Waals surface area (Å²) in [6.07, 6.45) is 5.07. The fraction of sp³-hybridized carbons (Fsp3) is 0.238. The average Bonchev–Trinajstić information content (AvgIpc) is 3.39. The first-order valence-electron chi connectivity index (χ1n) is 9.99. The number of nitrogens with zero attached hydrogens (tertiary/aromatic N) is 4. The van der Waals surface area contributed by atoms with E-state index in [9.17, 15) is 9.18 Å². The molecule has 0 atom stereocenters. The molecule has 0 bridgehead atoms. The Hall–Kier alpha value is -3.53. The summed E-state index contributed by atoms with van der Waals surface area (Å²) in [6, 6.07) is 9.72. The molecule has 158 valence electrons. The number of amides is 1. The van der Waals surface area contributed by atoms with E-state index in [2.05, 4.69) is 20.6 Å². The van der Waals surface area contributed by atoms with Crippen molar-refractivity contribution >= 4 is 39.0 Å². The van der Waals surface area contributed by atoms with E-state index < -0.39 is 0 Å². The molecule has 1 aliphatic rings. The fourth-order valence-electron chi connectivity index (χ4n) is 3.62. The molecule has 0 radical (unpaired) electrons. The van der Waals surface area contributed by atoms with Crippen molar-refractivity contribution in [1.29, 1.82) is 0 Å². The van der Waals surface area contributed by atoms with Crippen LogP contribution in [-0.2, 0) is 0 Å². The molecule has 0 aliphatic carbocycles. The SMILES string of the molecule is Nc1c(C(=O)Nc2c[n+](N3CCCCC3)no2)sc2nc(-c3ccc(F)cc3)ccc12. The van der Waals surface area contributed by atoms with E-state index in [1.807, 2.05) is 6.07 Å². The maximum atomic E-state index is 13.2. The summed E-state index contributed by atoms with van der Waals surface area (Å²) in [5.74, 6) is -0.448. The smallest absolute Gasteiger partial charge is 0.306 e. The number of nitrogen functional groups attached to an aromatic ring is 1. The lowest BCUT2D eigenvalue weighted by atomic mass is 10.1. The van der Waals surface area contributed by atoms with Gasteiger partial charge in [0.05, 0.1) is 29.3 Å². The highest BCUT2D eigenvalue weighted by atomic mass is 32.1. The third kappa shape index (κ3) is 3.81. The van der Waals surface area contributed by atoms with E-state index in [0.717, 1.165) is 31.5 Å². The van der Waals surface area contributed by atoms with Gasteiger partial charge >= 0.3 is 5.88 Å². The number of aromatic nitrogens is 3. The van der Waals surface area contributed by atoms with E-state index in [1.54, 1.807) is 29.2 Å². The Morgan fingerprint density at radius 2 is 1.94 bits per heavy atom. The van der Waals surface area contributed by atoms with Crippen LogP contribution in [0.3, 0.4) is 0 Å². The summed E-state index contributed by atoms with van der Waals surface area (Å²) in [5.41, 5.74) is 8.05. The van der Waals surface area contributed by atoms with E-state index in [1.165, 1.54) is 29.9 Å². The van der Waals surface area contributed by atoms with Crippen molar-refractivity contribution in [3.05, 3.63) is 53.3 Å². The Morgan fingerprint density at radius 1 is 1.16 bits per heavy atom. The maximum absolute atomic E-state index is 13.2. The van der Waals surface area contributed by atoms with Gasteiger partial charge in [0.2, 0.25) is 5.27 Å². The highest BCUT2D eigenvalue weighted by Crippen LogP contribution is 2.34. The van der Waals surface area contributed by atoms with Crippen LogP contribution in [0.1, 0.15) is 28.9 Å². The number of nitrogens with one attached hydrogen (secondary N) is 1. The molecule has 5 rings (SSSR count). The number of carbonyl (C=O) groups excluding carboxylic acids is 1. The Morgan fingerprint density at radius 3 is 2.71 bits per heavy atom. The van der Waals surface area contributed by atoms with E-state index in [0.29, 0.717) is 26.5 Å². The minimum Gasteiger partial charge on any atom is -0.397 e. The van der Waals surface area contributed by atoms with Gasteiger partial charge in [0.25, 0.3) is 12.1 Å². The van der Waals surface area contributed by atoms with Crippen LogP contribution in [0.25, 0.3) is 21.5 Å². The molecule has 0 unspecified atom stereocenters. The molecule has 0 saturated carbocycles. The molecule has 1 fully saturated rings. The van der Waals surface area contributed by atoms with Gasteiger partial charge < -0.3 is 5.73 Å². The number of halogens is 1. The molecule has 31 heavy (non-hydrogen) atoms.